The highest BCUT2D eigenvalue weighted by molar-refractivity contribution is 5.55. The molecule has 2 fully saturated rings. The minimum Gasteiger partial charge on any atom is -0.368 e. The summed E-state index contributed by atoms with van der Waals surface area (Å²) in [6.07, 6.45) is -1.54. The van der Waals surface area contributed by atoms with Gasteiger partial charge in [-0.25, -0.2) is 13.8 Å². The summed E-state index contributed by atoms with van der Waals surface area (Å²) in [5.41, 5.74) is 7.01. The molecule has 40 heavy (non-hydrogen) atoms. The largest absolute Gasteiger partial charge is 0.433 e. The highest BCUT2D eigenvalue weighted by atomic mass is 19.4. The number of nitrogen functional groups attached to an aromatic ring is 1. The minimum atomic E-state index is -4.62. The van der Waals surface area contributed by atoms with E-state index in [2.05, 4.69) is 24.8 Å². The first-order chi connectivity index (χ1) is 19.1. The molecule has 0 atom stereocenters. The third kappa shape index (κ3) is 5.20. The van der Waals surface area contributed by atoms with E-state index in [1.165, 1.54) is 36.4 Å². The number of aromatic nitrogens is 4. The molecule has 4 aromatic rings. The molecule has 2 heterocycles. The number of benzene rings is 2. The molecular formula is C29H25F5N6. The van der Waals surface area contributed by atoms with Gasteiger partial charge >= 0.3 is 6.18 Å². The van der Waals surface area contributed by atoms with Crippen molar-refractivity contribution in [1.82, 2.24) is 19.9 Å². The van der Waals surface area contributed by atoms with Crippen LogP contribution < -0.4 is 10.6 Å². The zero-order valence-corrected chi connectivity index (χ0v) is 21.2. The molecule has 0 amide bonds. The zero-order chi connectivity index (χ0) is 28.0. The molecule has 11 heteroatoms. The van der Waals surface area contributed by atoms with Gasteiger partial charge in [-0.2, -0.15) is 28.1 Å². The van der Waals surface area contributed by atoms with Gasteiger partial charge in [-0.3, -0.25) is 0 Å². The summed E-state index contributed by atoms with van der Waals surface area (Å²) in [5.74, 6) is -0.00474. The van der Waals surface area contributed by atoms with E-state index in [4.69, 9.17) is 5.73 Å². The Kier molecular flexibility index (Phi) is 6.59. The molecule has 0 unspecified atom stereocenters. The molecule has 0 saturated heterocycles. The molecule has 6 rings (SSSR count). The van der Waals surface area contributed by atoms with Crippen molar-refractivity contribution in [3.8, 4) is 11.5 Å². The predicted octanol–water partition coefficient (Wildman–Crippen LogP) is 6.51. The second-order valence-electron chi connectivity index (χ2n) is 10.4. The van der Waals surface area contributed by atoms with E-state index in [1.807, 2.05) is 0 Å². The highest BCUT2D eigenvalue weighted by Gasteiger charge is 2.44. The van der Waals surface area contributed by atoms with Crippen LogP contribution in [0.15, 0.2) is 66.7 Å². The number of halogens is 5. The van der Waals surface area contributed by atoms with E-state index >= 15 is 0 Å². The van der Waals surface area contributed by atoms with Gasteiger partial charge in [0.2, 0.25) is 11.9 Å². The van der Waals surface area contributed by atoms with Crippen molar-refractivity contribution in [2.45, 2.75) is 55.8 Å². The first kappa shape index (κ1) is 26.1. The standard InChI is InChI=1S/C29H25F5N6/c30-20-8-4-16(5-9-20)18-12-22(13-18)40(23-14-19(15-23)17-6-10-21(31)11-7-17)28-38-26(37-27(35)39-28)24-2-1-3-25(36-24)29(32,33)34/h1-11,18-19,22-23H,12-15H2,(H2,35,37,38,39)/t18-,19-,22-,23-. The number of hydrogen-bond acceptors (Lipinski definition) is 6. The van der Waals surface area contributed by atoms with Gasteiger partial charge in [0.25, 0.3) is 0 Å². The van der Waals surface area contributed by atoms with Gasteiger partial charge < -0.3 is 10.6 Å². The Morgan fingerprint density at radius 3 is 1.70 bits per heavy atom. The summed E-state index contributed by atoms with van der Waals surface area (Å²) in [5, 5.41) is 0. The van der Waals surface area contributed by atoms with Crippen molar-refractivity contribution >= 4 is 11.9 Å². The van der Waals surface area contributed by atoms with Crippen LogP contribution in [0.4, 0.5) is 33.8 Å². The Bertz CT molecular complexity index is 1440. The molecule has 0 radical (unpaired) electrons. The van der Waals surface area contributed by atoms with Crippen molar-refractivity contribution in [2.75, 3.05) is 10.6 Å². The second-order valence-corrected chi connectivity index (χ2v) is 10.4. The number of pyridine rings is 1. The molecule has 0 spiro atoms. The normalized spacial score (nSPS) is 22.3. The summed E-state index contributed by atoms with van der Waals surface area (Å²) in [6, 6.07) is 16.5. The lowest BCUT2D eigenvalue weighted by Gasteiger charge is -2.51. The average Bonchev–Trinajstić information content (AvgIpc) is 2.87. The first-order valence-corrected chi connectivity index (χ1v) is 13.0. The number of nitrogens with zero attached hydrogens (tertiary/aromatic N) is 5. The topological polar surface area (TPSA) is 80.8 Å². The van der Waals surface area contributed by atoms with Crippen LogP contribution >= 0.6 is 0 Å². The number of hydrogen-bond donors (Lipinski definition) is 1. The van der Waals surface area contributed by atoms with Crippen LogP contribution in [0.3, 0.4) is 0 Å². The van der Waals surface area contributed by atoms with Crippen LogP contribution in [0, 0.1) is 11.6 Å². The van der Waals surface area contributed by atoms with Crippen molar-refractivity contribution in [2.24, 2.45) is 0 Å². The number of alkyl halides is 3. The van der Waals surface area contributed by atoms with E-state index in [0.717, 1.165) is 42.9 Å². The molecule has 2 aromatic heterocycles. The fourth-order valence-corrected chi connectivity index (χ4v) is 5.60. The van der Waals surface area contributed by atoms with E-state index in [0.29, 0.717) is 0 Å². The fraction of sp³-hybridized carbons (Fsp3) is 0.310. The third-order valence-corrected chi connectivity index (χ3v) is 7.84. The molecule has 2 saturated carbocycles. The second kappa shape index (κ2) is 10.1. The summed E-state index contributed by atoms with van der Waals surface area (Å²) >= 11 is 0. The molecule has 2 aliphatic rings. The SMILES string of the molecule is Nc1nc(-c2cccc(C(F)(F)F)n2)nc(N([C@H]2C[C@H](c3ccc(F)cc3)C2)[C@H]2C[C@H](c3ccc(F)cc3)C2)n1. The van der Waals surface area contributed by atoms with Crippen LogP contribution in [-0.4, -0.2) is 32.0 Å². The average molecular weight is 553 g/mol. The fourth-order valence-electron chi connectivity index (χ4n) is 5.60. The Morgan fingerprint density at radius 2 is 1.20 bits per heavy atom. The summed E-state index contributed by atoms with van der Waals surface area (Å²) in [7, 11) is 0. The van der Waals surface area contributed by atoms with Gasteiger partial charge in [0.15, 0.2) is 5.82 Å². The van der Waals surface area contributed by atoms with Gasteiger partial charge in [-0.1, -0.05) is 30.3 Å². The molecule has 2 aromatic carbocycles. The lowest BCUT2D eigenvalue weighted by Crippen LogP contribution is -2.54. The number of rotatable bonds is 6. The maximum atomic E-state index is 13.4. The van der Waals surface area contributed by atoms with Crippen LogP contribution in [0.2, 0.25) is 0 Å². The van der Waals surface area contributed by atoms with E-state index in [-0.39, 0.29) is 59.0 Å². The molecule has 0 aliphatic heterocycles. The van der Waals surface area contributed by atoms with Crippen molar-refractivity contribution in [1.29, 1.82) is 0 Å². The van der Waals surface area contributed by atoms with Crippen LogP contribution in [0.25, 0.3) is 11.5 Å². The third-order valence-electron chi connectivity index (χ3n) is 7.84. The van der Waals surface area contributed by atoms with Gasteiger partial charge in [0, 0.05) is 12.1 Å². The molecular weight excluding hydrogens is 527 g/mol. The van der Waals surface area contributed by atoms with Gasteiger partial charge in [-0.05, 0) is 85.0 Å². The highest BCUT2D eigenvalue weighted by Crippen LogP contribution is 2.47. The summed E-state index contributed by atoms with van der Waals surface area (Å²) in [6.45, 7) is 0. The lowest BCUT2D eigenvalue weighted by molar-refractivity contribution is -0.141. The zero-order valence-electron chi connectivity index (χ0n) is 21.2. The van der Waals surface area contributed by atoms with E-state index in [1.54, 1.807) is 24.3 Å². The first-order valence-electron chi connectivity index (χ1n) is 13.0. The van der Waals surface area contributed by atoms with Crippen LogP contribution in [-0.2, 0) is 6.18 Å². The Morgan fingerprint density at radius 1 is 0.675 bits per heavy atom. The van der Waals surface area contributed by atoms with Crippen LogP contribution in [0.5, 0.6) is 0 Å². The van der Waals surface area contributed by atoms with Crippen molar-refractivity contribution in [3.05, 3.63) is 95.2 Å². The molecule has 2 aliphatic carbocycles. The maximum Gasteiger partial charge on any atom is 0.433 e. The van der Waals surface area contributed by atoms with Crippen molar-refractivity contribution in [3.63, 3.8) is 0 Å². The molecule has 6 nitrogen and oxygen atoms in total. The Balaban J connectivity index is 1.29. The summed E-state index contributed by atoms with van der Waals surface area (Å²) < 4.78 is 66.8. The predicted molar refractivity (Wildman–Crippen MR) is 139 cm³/mol. The molecule has 0 bridgehead atoms. The number of anilines is 2. The quantitative estimate of drug-likeness (QED) is 0.275. The molecule has 2 N–H and O–H groups in total. The number of nitrogens with two attached hydrogens (primary N) is 1. The van der Waals surface area contributed by atoms with E-state index in [9.17, 15) is 22.0 Å². The lowest BCUT2D eigenvalue weighted by atomic mass is 9.70. The minimum absolute atomic E-state index is 0.0394. The van der Waals surface area contributed by atoms with Gasteiger partial charge in [-0.15, -0.1) is 0 Å². The van der Waals surface area contributed by atoms with Gasteiger partial charge in [0.05, 0.1) is 0 Å². The Labute approximate surface area is 227 Å². The maximum absolute atomic E-state index is 13.4. The van der Waals surface area contributed by atoms with Gasteiger partial charge in [0.1, 0.15) is 23.0 Å². The monoisotopic (exact) mass is 552 g/mol. The van der Waals surface area contributed by atoms with E-state index < -0.39 is 11.9 Å². The van der Waals surface area contributed by atoms with Crippen molar-refractivity contribution < 1.29 is 22.0 Å². The molecule has 206 valence electrons. The summed E-state index contributed by atoms with van der Waals surface area (Å²) in [4.78, 5) is 18.8. The smallest absolute Gasteiger partial charge is 0.368 e. The Hall–Kier alpha value is -4.15. The van der Waals surface area contributed by atoms with Crippen LogP contribution in [0.1, 0.15) is 54.3 Å².